The maximum absolute atomic E-state index is 12.3. The fourth-order valence-electron chi connectivity index (χ4n) is 1.68. The lowest BCUT2D eigenvalue weighted by Crippen LogP contribution is -2.33. The fourth-order valence-corrected chi connectivity index (χ4v) is 2.79. The molecule has 0 fully saturated rings. The van der Waals surface area contributed by atoms with E-state index < -0.39 is 10.8 Å². The van der Waals surface area contributed by atoms with Crippen LogP contribution in [0.3, 0.4) is 0 Å². The molecule has 0 radical (unpaired) electrons. The minimum atomic E-state index is -0.834. The quantitative estimate of drug-likeness (QED) is 0.857. The molecule has 0 bridgehead atoms. The van der Waals surface area contributed by atoms with E-state index in [-0.39, 0.29) is 10.8 Å². The van der Waals surface area contributed by atoms with Gasteiger partial charge in [-0.3, -0.25) is 4.21 Å². The Labute approximate surface area is 114 Å². The van der Waals surface area contributed by atoms with Gasteiger partial charge in [0, 0.05) is 27.3 Å². The molecular formula is C15H25NOS. The summed E-state index contributed by atoms with van der Waals surface area (Å²) in [7, 11) is -0.834. The van der Waals surface area contributed by atoms with Gasteiger partial charge < -0.3 is 5.32 Å². The van der Waals surface area contributed by atoms with Gasteiger partial charge in [-0.1, -0.05) is 37.3 Å². The minimum Gasteiger partial charge on any atom is -0.309 e. The van der Waals surface area contributed by atoms with Crippen molar-refractivity contribution in [1.29, 1.82) is 0 Å². The van der Waals surface area contributed by atoms with Gasteiger partial charge in [-0.2, -0.15) is 0 Å². The summed E-state index contributed by atoms with van der Waals surface area (Å²) in [6.07, 6.45) is 1.09. The van der Waals surface area contributed by atoms with Crippen LogP contribution in [0.1, 0.15) is 45.7 Å². The van der Waals surface area contributed by atoms with E-state index in [9.17, 15) is 4.21 Å². The normalized spacial score (nSPS) is 15.3. The van der Waals surface area contributed by atoms with E-state index in [0.29, 0.717) is 5.75 Å². The zero-order valence-electron chi connectivity index (χ0n) is 11.9. The molecule has 0 heterocycles. The highest BCUT2D eigenvalue weighted by Crippen LogP contribution is 2.19. The molecule has 1 aromatic rings. The lowest BCUT2D eigenvalue weighted by molar-refractivity contribution is 0.563. The van der Waals surface area contributed by atoms with E-state index in [1.54, 1.807) is 0 Å². The van der Waals surface area contributed by atoms with Crippen molar-refractivity contribution in [2.24, 2.45) is 0 Å². The molecule has 1 N–H and O–H groups in total. The molecule has 0 amide bonds. The molecule has 0 aliphatic carbocycles. The average Bonchev–Trinajstić information content (AvgIpc) is 2.34. The zero-order chi connectivity index (χ0) is 13.6. The summed E-state index contributed by atoms with van der Waals surface area (Å²) < 4.78 is 12.1. The van der Waals surface area contributed by atoms with Crippen molar-refractivity contribution in [2.45, 2.75) is 44.9 Å². The minimum absolute atomic E-state index is 0.152. The maximum Gasteiger partial charge on any atom is 0.0437 e. The van der Waals surface area contributed by atoms with Gasteiger partial charge in [0.25, 0.3) is 0 Å². The Morgan fingerprint density at radius 1 is 1.22 bits per heavy atom. The second-order valence-corrected chi connectivity index (χ2v) is 7.79. The van der Waals surface area contributed by atoms with Crippen molar-refractivity contribution in [3.63, 3.8) is 0 Å². The van der Waals surface area contributed by atoms with Crippen LogP contribution in [0.2, 0.25) is 0 Å². The van der Waals surface area contributed by atoms with Crippen molar-refractivity contribution in [3.8, 4) is 0 Å². The van der Waals surface area contributed by atoms with Crippen molar-refractivity contribution >= 4 is 10.8 Å². The standard InChI is InChI=1S/C15H25NOS/c1-5-11-16-14(12-18(17)15(2,3)4)13-9-7-6-8-10-13/h6-10,14,16H,5,11-12H2,1-4H3. The number of hydrogen-bond acceptors (Lipinski definition) is 2. The van der Waals surface area contributed by atoms with Gasteiger partial charge in [0.1, 0.15) is 0 Å². The predicted octanol–water partition coefficient (Wildman–Crippen LogP) is 3.27. The SMILES string of the molecule is CCCNC(CS(=O)C(C)(C)C)c1ccccc1. The van der Waals surface area contributed by atoms with Crippen LogP contribution in [0.25, 0.3) is 0 Å². The van der Waals surface area contributed by atoms with Crippen molar-refractivity contribution in [3.05, 3.63) is 35.9 Å². The van der Waals surface area contributed by atoms with Crippen LogP contribution >= 0.6 is 0 Å². The second-order valence-electron chi connectivity index (χ2n) is 5.54. The third-order valence-corrected chi connectivity index (χ3v) is 4.85. The molecule has 2 atom stereocenters. The number of hydrogen-bond donors (Lipinski definition) is 1. The molecule has 1 rings (SSSR count). The van der Waals surface area contributed by atoms with Gasteiger partial charge in [-0.15, -0.1) is 0 Å². The van der Waals surface area contributed by atoms with Crippen LogP contribution in [-0.2, 0) is 10.8 Å². The zero-order valence-corrected chi connectivity index (χ0v) is 12.7. The third-order valence-electron chi connectivity index (χ3n) is 2.84. The number of nitrogens with one attached hydrogen (secondary N) is 1. The van der Waals surface area contributed by atoms with Gasteiger partial charge in [0.2, 0.25) is 0 Å². The topological polar surface area (TPSA) is 29.1 Å². The summed E-state index contributed by atoms with van der Waals surface area (Å²) in [5.74, 6) is 0.674. The molecule has 3 heteroatoms. The van der Waals surface area contributed by atoms with Crippen LogP contribution in [0.4, 0.5) is 0 Å². The molecule has 0 saturated carbocycles. The number of rotatable bonds is 6. The Hall–Kier alpha value is -0.670. The summed E-state index contributed by atoms with van der Waals surface area (Å²) in [5, 5.41) is 3.50. The molecular weight excluding hydrogens is 242 g/mol. The largest absolute Gasteiger partial charge is 0.309 e. The highest BCUT2D eigenvalue weighted by molar-refractivity contribution is 7.86. The first kappa shape index (κ1) is 15.4. The molecule has 1 aromatic carbocycles. The van der Waals surface area contributed by atoms with E-state index in [0.717, 1.165) is 13.0 Å². The van der Waals surface area contributed by atoms with Crippen LogP contribution in [-0.4, -0.2) is 21.3 Å². The van der Waals surface area contributed by atoms with Crippen LogP contribution in [0.5, 0.6) is 0 Å². The predicted molar refractivity (Wildman–Crippen MR) is 80.2 cm³/mol. The first-order valence-corrected chi connectivity index (χ1v) is 7.94. The highest BCUT2D eigenvalue weighted by atomic mass is 32.2. The smallest absolute Gasteiger partial charge is 0.0437 e. The van der Waals surface area contributed by atoms with Crippen molar-refractivity contribution in [2.75, 3.05) is 12.3 Å². The molecule has 0 spiro atoms. The van der Waals surface area contributed by atoms with Gasteiger partial charge in [0.05, 0.1) is 0 Å². The summed E-state index contributed by atoms with van der Waals surface area (Å²) in [6, 6.07) is 10.5. The first-order chi connectivity index (χ1) is 8.45. The Morgan fingerprint density at radius 2 is 1.83 bits per heavy atom. The van der Waals surface area contributed by atoms with E-state index in [1.807, 2.05) is 39.0 Å². The van der Waals surface area contributed by atoms with Crippen molar-refractivity contribution < 1.29 is 4.21 Å². The van der Waals surface area contributed by atoms with Gasteiger partial charge in [-0.25, -0.2) is 0 Å². The summed E-state index contributed by atoms with van der Waals surface area (Å²) in [6.45, 7) is 9.21. The van der Waals surface area contributed by atoms with Gasteiger partial charge in [-0.05, 0) is 39.3 Å². The Bertz CT molecular complexity index is 370. The second kappa shape index (κ2) is 7.05. The molecule has 0 aliphatic heterocycles. The van der Waals surface area contributed by atoms with Crippen LogP contribution in [0.15, 0.2) is 30.3 Å². The van der Waals surface area contributed by atoms with Crippen LogP contribution in [0, 0.1) is 0 Å². The highest BCUT2D eigenvalue weighted by Gasteiger charge is 2.23. The summed E-state index contributed by atoms with van der Waals surface area (Å²) >= 11 is 0. The summed E-state index contributed by atoms with van der Waals surface area (Å²) in [5.41, 5.74) is 1.23. The molecule has 2 unspecified atom stereocenters. The van der Waals surface area contributed by atoms with Gasteiger partial charge >= 0.3 is 0 Å². The molecule has 0 aliphatic rings. The fraction of sp³-hybridized carbons (Fsp3) is 0.600. The first-order valence-electron chi connectivity index (χ1n) is 6.62. The molecule has 102 valence electrons. The Kier molecular flexibility index (Phi) is 6.03. The van der Waals surface area contributed by atoms with Crippen molar-refractivity contribution in [1.82, 2.24) is 5.32 Å². The Morgan fingerprint density at radius 3 is 2.33 bits per heavy atom. The molecule has 0 aromatic heterocycles. The monoisotopic (exact) mass is 267 g/mol. The molecule has 18 heavy (non-hydrogen) atoms. The van der Waals surface area contributed by atoms with E-state index >= 15 is 0 Å². The Balaban J connectivity index is 2.77. The van der Waals surface area contributed by atoms with Gasteiger partial charge in [0.15, 0.2) is 0 Å². The van der Waals surface area contributed by atoms with Crippen LogP contribution < -0.4 is 5.32 Å². The number of benzene rings is 1. The lowest BCUT2D eigenvalue weighted by Gasteiger charge is -2.24. The van der Waals surface area contributed by atoms with E-state index in [2.05, 4.69) is 24.4 Å². The van der Waals surface area contributed by atoms with E-state index in [1.165, 1.54) is 5.56 Å². The summed E-state index contributed by atoms with van der Waals surface area (Å²) in [4.78, 5) is 0. The maximum atomic E-state index is 12.3. The lowest BCUT2D eigenvalue weighted by atomic mass is 10.1. The third kappa shape index (κ3) is 4.91. The molecule has 0 saturated heterocycles. The molecule has 2 nitrogen and oxygen atoms in total. The average molecular weight is 267 g/mol. The van der Waals surface area contributed by atoms with E-state index in [4.69, 9.17) is 0 Å².